The van der Waals surface area contributed by atoms with Gasteiger partial charge in [0.15, 0.2) is 0 Å². The fraction of sp³-hybridized carbons (Fsp3) is 0.0455. The number of hydrogen-bond acceptors (Lipinski definition) is 7. The van der Waals surface area contributed by atoms with Crippen LogP contribution in [0.15, 0.2) is 77.0 Å². The molecule has 0 aliphatic carbocycles. The van der Waals surface area contributed by atoms with Gasteiger partial charge in [-0.05, 0) is 28.3 Å². The number of nitrogens with zero attached hydrogens (tertiary/aromatic N) is 2. The van der Waals surface area contributed by atoms with Crippen molar-refractivity contribution in [2.45, 2.75) is 5.75 Å². The van der Waals surface area contributed by atoms with E-state index in [2.05, 4.69) is 10.2 Å². The first-order chi connectivity index (χ1) is 14.7. The molecule has 0 amide bonds. The zero-order valence-corrected chi connectivity index (χ0v) is 22.7. The van der Waals surface area contributed by atoms with E-state index in [0.717, 1.165) is 0 Å². The van der Waals surface area contributed by atoms with Gasteiger partial charge in [-0.1, -0.05) is 60.3 Å². The number of benzene rings is 4. The number of fused-ring (bicyclic) bond motifs is 2. The Balaban J connectivity index is 0.00000193. The number of rotatable bonds is 5. The minimum absolute atomic E-state index is 0. The van der Waals surface area contributed by atoms with Gasteiger partial charge in [0.05, 0.1) is 32.8 Å². The largest absolute Gasteiger partial charge is 1.00 e. The SMILES string of the molecule is O=C(O)c1cc2ccccc2c(N=Nc2ccc3ccccc3c2CS(=O)(=O)[O-])c1[O-].[Na+].[Na+]. The van der Waals surface area contributed by atoms with Gasteiger partial charge in [-0.25, -0.2) is 13.2 Å². The number of carbonyl (C=O) groups is 1. The van der Waals surface area contributed by atoms with Crippen molar-refractivity contribution in [3.8, 4) is 5.75 Å². The molecule has 0 aromatic heterocycles. The molecule has 0 spiro atoms. The summed E-state index contributed by atoms with van der Waals surface area (Å²) in [5.41, 5.74) is -0.376. The number of hydrogen-bond donors (Lipinski definition) is 1. The van der Waals surface area contributed by atoms with E-state index in [1.54, 1.807) is 54.6 Å². The number of aromatic carboxylic acids is 1. The first kappa shape index (κ1) is 27.4. The molecule has 0 atom stereocenters. The molecule has 0 heterocycles. The van der Waals surface area contributed by atoms with E-state index in [9.17, 15) is 28.0 Å². The summed E-state index contributed by atoms with van der Waals surface area (Å²) < 4.78 is 34.4. The molecule has 4 aromatic rings. The molecule has 0 saturated heterocycles. The molecule has 4 rings (SSSR count). The topological polar surface area (TPSA) is 142 Å². The Labute approximate surface area is 233 Å². The van der Waals surface area contributed by atoms with Gasteiger partial charge in [-0.2, -0.15) is 10.2 Å². The molecule has 0 fully saturated rings. The zero-order valence-electron chi connectivity index (χ0n) is 17.8. The average Bonchev–Trinajstić information content (AvgIpc) is 2.72. The maximum Gasteiger partial charge on any atom is 1.00 e. The molecule has 1 N–H and O–H groups in total. The maximum absolute atomic E-state index is 12.7. The first-order valence-electron chi connectivity index (χ1n) is 9.06. The maximum atomic E-state index is 12.7. The van der Waals surface area contributed by atoms with Crippen LogP contribution in [-0.4, -0.2) is 24.0 Å². The summed E-state index contributed by atoms with van der Waals surface area (Å²) in [5, 5.41) is 32.2. The summed E-state index contributed by atoms with van der Waals surface area (Å²) in [5.74, 6) is -3.01. The number of carboxylic acid groups (broad SMARTS) is 1. The molecular formula is C22H14N2Na2O6S. The third-order valence-corrected chi connectivity index (χ3v) is 5.44. The van der Waals surface area contributed by atoms with E-state index in [1.807, 2.05) is 0 Å². The predicted octanol–water partition coefficient (Wildman–Crippen LogP) is -1.77. The third kappa shape index (κ3) is 6.00. The van der Waals surface area contributed by atoms with Crippen molar-refractivity contribution in [3.05, 3.63) is 77.9 Å². The van der Waals surface area contributed by atoms with Crippen LogP contribution in [0.2, 0.25) is 0 Å². The Morgan fingerprint density at radius 3 is 2.12 bits per heavy atom. The van der Waals surface area contributed by atoms with Crippen molar-refractivity contribution >= 4 is 49.0 Å². The summed E-state index contributed by atoms with van der Waals surface area (Å²) >= 11 is 0. The van der Waals surface area contributed by atoms with Crippen LogP contribution in [0.25, 0.3) is 21.5 Å². The van der Waals surface area contributed by atoms with Crippen LogP contribution in [0, 0.1) is 0 Å². The van der Waals surface area contributed by atoms with Crippen molar-refractivity contribution in [2.24, 2.45) is 10.2 Å². The van der Waals surface area contributed by atoms with Crippen LogP contribution in [0.1, 0.15) is 15.9 Å². The third-order valence-electron chi connectivity index (χ3n) is 4.80. The summed E-state index contributed by atoms with van der Waals surface area (Å²) in [6, 6.07) is 18.0. The molecule has 0 radical (unpaired) electrons. The number of azo groups is 1. The summed E-state index contributed by atoms with van der Waals surface area (Å²) in [6.45, 7) is 0. The van der Waals surface area contributed by atoms with E-state index in [-0.39, 0.29) is 76.1 Å². The standard InChI is InChI=1S/C22H16N2O6S.2Na/c25-21-17(22(26)27)11-14-6-2-4-8-16(14)20(21)24-23-19-10-9-13-5-1-3-7-15(13)18(19)12-31(28,29)30;;/h1-11,25H,12H2,(H,26,27)(H,28,29,30);;/q;2*+1/p-2. The summed E-state index contributed by atoms with van der Waals surface area (Å²) in [7, 11) is -4.63. The van der Waals surface area contributed by atoms with Crippen molar-refractivity contribution < 1.29 is 87.1 Å². The van der Waals surface area contributed by atoms with Gasteiger partial charge in [0, 0.05) is 10.9 Å². The Morgan fingerprint density at radius 1 is 0.879 bits per heavy atom. The minimum atomic E-state index is -4.63. The van der Waals surface area contributed by atoms with Crippen molar-refractivity contribution in [2.75, 3.05) is 0 Å². The van der Waals surface area contributed by atoms with Gasteiger partial charge in [-0.15, -0.1) is 0 Å². The smallest absolute Gasteiger partial charge is 0.870 e. The van der Waals surface area contributed by atoms with Gasteiger partial charge < -0.3 is 14.8 Å². The molecule has 156 valence electrons. The van der Waals surface area contributed by atoms with Crippen LogP contribution < -0.4 is 64.2 Å². The van der Waals surface area contributed by atoms with Gasteiger partial charge in [0.25, 0.3) is 0 Å². The van der Waals surface area contributed by atoms with Gasteiger partial charge in [0.1, 0.15) is 0 Å². The van der Waals surface area contributed by atoms with Crippen molar-refractivity contribution in [1.82, 2.24) is 0 Å². The average molecular weight is 480 g/mol. The van der Waals surface area contributed by atoms with Crippen LogP contribution in [-0.2, 0) is 15.9 Å². The first-order valence-corrected chi connectivity index (χ1v) is 10.6. The molecule has 4 aromatic carbocycles. The van der Waals surface area contributed by atoms with Crippen molar-refractivity contribution in [1.29, 1.82) is 0 Å². The zero-order chi connectivity index (χ0) is 22.2. The monoisotopic (exact) mass is 480 g/mol. The molecule has 11 heteroatoms. The van der Waals surface area contributed by atoms with E-state index < -0.39 is 33.2 Å². The Bertz CT molecular complexity index is 1490. The molecule has 33 heavy (non-hydrogen) atoms. The van der Waals surface area contributed by atoms with Gasteiger partial charge in [-0.3, -0.25) is 0 Å². The second-order valence-electron chi connectivity index (χ2n) is 6.81. The van der Waals surface area contributed by atoms with Gasteiger partial charge >= 0.3 is 65.1 Å². The van der Waals surface area contributed by atoms with E-state index in [4.69, 9.17) is 0 Å². The number of carboxylic acids is 1. The van der Waals surface area contributed by atoms with Crippen LogP contribution >= 0.6 is 0 Å². The van der Waals surface area contributed by atoms with Gasteiger partial charge in [0.2, 0.25) is 0 Å². The second kappa shape index (κ2) is 11.1. The van der Waals surface area contributed by atoms with Crippen LogP contribution in [0.5, 0.6) is 5.75 Å². The fourth-order valence-electron chi connectivity index (χ4n) is 3.42. The summed E-state index contributed by atoms with van der Waals surface area (Å²) in [4.78, 5) is 11.5. The Morgan fingerprint density at radius 2 is 1.48 bits per heavy atom. The van der Waals surface area contributed by atoms with Crippen LogP contribution in [0.3, 0.4) is 0 Å². The molecule has 0 bridgehead atoms. The minimum Gasteiger partial charge on any atom is -0.870 e. The van der Waals surface area contributed by atoms with E-state index in [1.165, 1.54) is 12.1 Å². The molecule has 0 aliphatic heterocycles. The van der Waals surface area contributed by atoms with Crippen molar-refractivity contribution in [3.63, 3.8) is 0 Å². The van der Waals surface area contributed by atoms with Crippen LogP contribution in [0.4, 0.5) is 11.4 Å². The predicted molar refractivity (Wildman–Crippen MR) is 112 cm³/mol. The quantitative estimate of drug-likeness (QED) is 0.204. The van der Waals surface area contributed by atoms with E-state index >= 15 is 0 Å². The Kier molecular flexibility index (Phi) is 9.20. The molecule has 0 aliphatic rings. The normalized spacial score (nSPS) is 11.3. The Hall–Kier alpha value is -1.82. The molecule has 0 saturated carbocycles. The van der Waals surface area contributed by atoms with E-state index in [0.29, 0.717) is 21.5 Å². The summed E-state index contributed by atoms with van der Waals surface area (Å²) in [6.07, 6.45) is 0. The molecule has 0 unspecified atom stereocenters. The fourth-order valence-corrected chi connectivity index (χ4v) is 4.07. The second-order valence-corrected chi connectivity index (χ2v) is 8.22. The molecular weight excluding hydrogens is 466 g/mol. The molecule has 8 nitrogen and oxygen atoms in total.